The standard InChI is InChI=1S/C8H10Cl2N4OS/c9-6-12-7(10)14-8(13-6)11-5-1-3-16(15)4-2-5/h5H,1-4H2,(H,11,12,13,14). The number of hydrogen-bond donors (Lipinski definition) is 1. The molecule has 1 aromatic rings. The van der Waals surface area contributed by atoms with Crippen LogP contribution in [0.2, 0.25) is 10.6 Å². The lowest BCUT2D eigenvalue weighted by atomic mass is 10.2. The molecule has 5 nitrogen and oxygen atoms in total. The van der Waals surface area contributed by atoms with Crippen LogP contribution in [0.1, 0.15) is 12.8 Å². The van der Waals surface area contributed by atoms with Crippen molar-refractivity contribution in [2.24, 2.45) is 0 Å². The number of hydrogen-bond acceptors (Lipinski definition) is 5. The normalized spacial score (nSPS) is 25.4. The van der Waals surface area contributed by atoms with Crippen LogP contribution in [0.15, 0.2) is 0 Å². The fourth-order valence-electron chi connectivity index (χ4n) is 1.51. The molecule has 0 atom stereocenters. The van der Waals surface area contributed by atoms with E-state index in [9.17, 15) is 4.21 Å². The Morgan fingerprint density at radius 2 is 1.69 bits per heavy atom. The van der Waals surface area contributed by atoms with Gasteiger partial charge in [0, 0.05) is 28.3 Å². The molecular weight excluding hydrogens is 271 g/mol. The quantitative estimate of drug-likeness (QED) is 0.889. The minimum atomic E-state index is -0.673. The van der Waals surface area contributed by atoms with Gasteiger partial charge in [-0.1, -0.05) is 0 Å². The fraction of sp³-hybridized carbons (Fsp3) is 0.625. The monoisotopic (exact) mass is 280 g/mol. The van der Waals surface area contributed by atoms with Crippen LogP contribution < -0.4 is 5.32 Å². The summed E-state index contributed by atoms with van der Waals surface area (Å²) >= 11 is 11.3. The summed E-state index contributed by atoms with van der Waals surface area (Å²) in [5.74, 6) is 1.80. The summed E-state index contributed by atoms with van der Waals surface area (Å²) in [7, 11) is -0.673. The lowest BCUT2D eigenvalue weighted by Crippen LogP contribution is -2.30. The first kappa shape index (κ1) is 12.0. The van der Waals surface area contributed by atoms with Crippen LogP contribution >= 0.6 is 23.2 Å². The molecule has 0 saturated carbocycles. The third-order valence-electron chi connectivity index (χ3n) is 2.30. The second-order valence-corrected chi connectivity index (χ2v) is 5.84. The Morgan fingerprint density at radius 1 is 1.12 bits per heavy atom. The Hall–Kier alpha value is -0.460. The molecule has 1 aliphatic rings. The minimum Gasteiger partial charge on any atom is -0.351 e. The Bertz CT molecular complexity index is 387. The van der Waals surface area contributed by atoms with Gasteiger partial charge in [-0.3, -0.25) is 4.21 Å². The molecule has 8 heteroatoms. The number of nitrogens with one attached hydrogen (secondary N) is 1. The summed E-state index contributed by atoms with van der Waals surface area (Å²) in [5, 5.41) is 3.26. The highest BCUT2D eigenvalue weighted by molar-refractivity contribution is 7.85. The summed E-state index contributed by atoms with van der Waals surface area (Å²) in [6.45, 7) is 0. The summed E-state index contributed by atoms with van der Waals surface area (Å²) in [6, 6.07) is 0.229. The Kier molecular flexibility index (Phi) is 3.94. The van der Waals surface area contributed by atoms with E-state index in [1.807, 2.05) is 0 Å². The van der Waals surface area contributed by atoms with E-state index >= 15 is 0 Å². The van der Waals surface area contributed by atoms with Gasteiger partial charge in [0.05, 0.1) is 0 Å². The van der Waals surface area contributed by atoms with Crippen molar-refractivity contribution in [1.82, 2.24) is 15.0 Å². The number of nitrogens with zero attached hydrogens (tertiary/aromatic N) is 3. The molecule has 0 radical (unpaired) electrons. The molecule has 2 rings (SSSR count). The van der Waals surface area contributed by atoms with Crippen LogP contribution in [0.4, 0.5) is 5.95 Å². The molecule has 0 spiro atoms. The van der Waals surface area contributed by atoms with Gasteiger partial charge in [0.25, 0.3) is 0 Å². The van der Waals surface area contributed by atoms with E-state index in [-0.39, 0.29) is 16.6 Å². The summed E-state index contributed by atoms with van der Waals surface area (Å²) in [5.41, 5.74) is 0. The molecule has 1 aromatic heterocycles. The molecule has 0 aromatic carbocycles. The van der Waals surface area contributed by atoms with Gasteiger partial charge in [0.1, 0.15) is 0 Å². The zero-order valence-electron chi connectivity index (χ0n) is 8.32. The number of halogens is 2. The molecule has 1 aliphatic heterocycles. The van der Waals surface area contributed by atoms with E-state index in [1.54, 1.807) is 0 Å². The van der Waals surface area contributed by atoms with Crippen molar-refractivity contribution in [3.8, 4) is 0 Å². The Balaban J connectivity index is 2.00. The molecule has 1 fully saturated rings. The van der Waals surface area contributed by atoms with Crippen LogP contribution in [0, 0.1) is 0 Å². The fourth-order valence-corrected chi connectivity index (χ4v) is 3.17. The lowest BCUT2D eigenvalue weighted by Gasteiger charge is -2.22. The molecular formula is C8H10Cl2N4OS. The van der Waals surface area contributed by atoms with Gasteiger partial charge in [0.2, 0.25) is 16.5 Å². The van der Waals surface area contributed by atoms with Crippen molar-refractivity contribution in [2.75, 3.05) is 16.8 Å². The van der Waals surface area contributed by atoms with E-state index in [1.165, 1.54) is 0 Å². The maximum absolute atomic E-state index is 11.2. The van der Waals surface area contributed by atoms with Gasteiger partial charge in [-0.2, -0.15) is 15.0 Å². The molecule has 16 heavy (non-hydrogen) atoms. The van der Waals surface area contributed by atoms with E-state index in [0.717, 1.165) is 12.8 Å². The Labute approximate surface area is 105 Å². The van der Waals surface area contributed by atoms with Crippen molar-refractivity contribution in [1.29, 1.82) is 0 Å². The molecule has 2 heterocycles. The second kappa shape index (κ2) is 5.25. The minimum absolute atomic E-state index is 0.0712. The lowest BCUT2D eigenvalue weighted by molar-refractivity contribution is 0.620. The van der Waals surface area contributed by atoms with Gasteiger partial charge in [-0.25, -0.2) is 0 Å². The van der Waals surface area contributed by atoms with Crippen molar-refractivity contribution in [3.63, 3.8) is 0 Å². The van der Waals surface area contributed by atoms with E-state index in [2.05, 4.69) is 20.3 Å². The van der Waals surface area contributed by atoms with E-state index in [0.29, 0.717) is 17.5 Å². The van der Waals surface area contributed by atoms with Crippen LogP contribution in [-0.2, 0) is 10.8 Å². The Morgan fingerprint density at radius 3 is 2.25 bits per heavy atom. The molecule has 1 saturated heterocycles. The predicted molar refractivity (Wildman–Crippen MR) is 64.4 cm³/mol. The van der Waals surface area contributed by atoms with Gasteiger partial charge in [0.15, 0.2) is 0 Å². The van der Waals surface area contributed by atoms with Crippen LogP contribution in [0.25, 0.3) is 0 Å². The third-order valence-corrected chi connectivity index (χ3v) is 4.02. The van der Waals surface area contributed by atoms with E-state index < -0.39 is 10.8 Å². The number of aromatic nitrogens is 3. The van der Waals surface area contributed by atoms with Crippen molar-refractivity contribution >= 4 is 39.9 Å². The average Bonchev–Trinajstić information content (AvgIpc) is 2.20. The van der Waals surface area contributed by atoms with Crippen molar-refractivity contribution < 1.29 is 4.21 Å². The topological polar surface area (TPSA) is 67.8 Å². The SMILES string of the molecule is O=S1CCC(Nc2nc(Cl)nc(Cl)n2)CC1. The first-order valence-corrected chi connectivity index (χ1v) is 7.06. The number of anilines is 1. The molecule has 0 bridgehead atoms. The molecule has 1 N–H and O–H groups in total. The van der Waals surface area contributed by atoms with E-state index in [4.69, 9.17) is 23.2 Å². The third kappa shape index (κ3) is 3.26. The average molecular weight is 281 g/mol. The van der Waals surface area contributed by atoms with Gasteiger partial charge < -0.3 is 5.32 Å². The number of rotatable bonds is 2. The smallest absolute Gasteiger partial charge is 0.228 e. The maximum Gasteiger partial charge on any atom is 0.228 e. The molecule has 0 aliphatic carbocycles. The van der Waals surface area contributed by atoms with Crippen LogP contribution in [0.5, 0.6) is 0 Å². The maximum atomic E-state index is 11.2. The zero-order chi connectivity index (χ0) is 11.5. The largest absolute Gasteiger partial charge is 0.351 e. The highest BCUT2D eigenvalue weighted by atomic mass is 35.5. The van der Waals surface area contributed by atoms with Crippen LogP contribution in [0.3, 0.4) is 0 Å². The van der Waals surface area contributed by atoms with Crippen molar-refractivity contribution in [2.45, 2.75) is 18.9 Å². The van der Waals surface area contributed by atoms with Crippen LogP contribution in [-0.4, -0.2) is 36.7 Å². The summed E-state index contributed by atoms with van der Waals surface area (Å²) in [4.78, 5) is 11.5. The highest BCUT2D eigenvalue weighted by Gasteiger charge is 2.18. The first-order valence-electron chi connectivity index (χ1n) is 4.82. The predicted octanol–water partition coefficient (Wildman–Crippen LogP) is 1.50. The van der Waals surface area contributed by atoms with Crippen molar-refractivity contribution in [3.05, 3.63) is 10.6 Å². The first-order chi connectivity index (χ1) is 7.63. The van der Waals surface area contributed by atoms with Gasteiger partial charge in [-0.15, -0.1) is 0 Å². The summed E-state index contributed by atoms with van der Waals surface area (Å²) in [6.07, 6.45) is 1.68. The highest BCUT2D eigenvalue weighted by Crippen LogP contribution is 2.15. The summed E-state index contributed by atoms with van der Waals surface area (Å²) < 4.78 is 11.2. The molecule has 0 unspecified atom stereocenters. The molecule has 88 valence electrons. The second-order valence-electron chi connectivity index (χ2n) is 3.46. The van der Waals surface area contributed by atoms with Gasteiger partial charge >= 0.3 is 0 Å². The van der Waals surface area contributed by atoms with Gasteiger partial charge in [-0.05, 0) is 36.0 Å². The molecule has 0 amide bonds. The zero-order valence-corrected chi connectivity index (χ0v) is 10.6.